The molecule has 0 saturated heterocycles. The molecule has 0 rings (SSSR count). The number of hydrogen-bond donors (Lipinski definition) is 0. The molecular formula is C22H48K2N4O3-2. The van der Waals surface area contributed by atoms with E-state index in [1.165, 1.54) is 12.8 Å². The predicted molar refractivity (Wildman–Crippen MR) is 126 cm³/mol. The predicted octanol–water partition coefficient (Wildman–Crippen LogP) is 1.76. The van der Waals surface area contributed by atoms with Crippen LogP contribution in [0, 0.1) is 35.5 Å². The van der Waals surface area contributed by atoms with Gasteiger partial charge in [0.25, 0.3) is 0 Å². The average molecular weight is 497 g/mol. The number of nitrogens with one attached hydrogen (secondary N) is 3. The summed E-state index contributed by atoms with van der Waals surface area (Å²) in [6.07, 6.45) is 2.66. The normalized spacial score (nSPS) is 11.8. The molecule has 178 valence electrons. The monoisotopic (exact) mass is 496 g/mol. The van der Waals surface area contributed by atoms with E-state index >= 15 is 0 Å². The smallest absolute Gasteiger partial charge is 0.693 e. The van der Waals surface area contributed by atoms with E-state index in [-0.39, 0.29) is 109 Å². The van der Waals surface area contributed by atoms with E-state index in [0.717, 1.165) is 36.9 Å². The van der Waals surface area contributed by atoms with Crippen LogP contribution in [0.15, 0.2) is 0 Å². The van der Waals surface area contributed by atoms with Crippen LogP contribution in [0.25, 0.3) is 23.4 Å². The number of nitrogens with two attached hydrogens (primary N) is 1. The van der Waals surface area contributed by atoms with Crippen molar-refractivity contribution in [2.75, 3.05) is 6.54 Å². The molecule has 0 radical (unpaired) electrons. The van der Waals surface area contributed by atoms with Gasteiger partial charge in [0.2, 0.25) is 0 Å². The summed E-state index contributed by atoms with van der Waals surface area (Å²) in [7, 11) is 0. The summed E-state index contributed by atoms with van der Waals surface area (Å²) in [6, 6.07) is 0. The third-order valence-electron chi connectivity index (χ3n) is 4.35. The molecule has 0 aromatic carbocycles. The summed E-state index contributed by atoms with van der Waals surface area (Å²) in [5.74, 6) is 4.25. The van der Waals surface area contributed by atoms with E-state index in [2.05, 4.69) is 55.4 Å². The molecule has 0 aromatic rings. The van der Waals surface area contributed by atoms with Gasteiger partial charge in [0.1, 0.15) is 6.29 Å². The molecule has 0 aliphatic carbocycles. The fraction of sp³-hybridized carbons (Fsp3) is 0.864. The van der Waals surface area contributed by atoms with Crippen molar-refractivity contribution in [3.05, 3.63) is 23.4 Å². The molecule has 2 atom stereocenters. The molecule has 0 fully saturated rings. The van der Waals surface area contributed by atoms with Crippen molar-refractivity contribution in [3.8, 4) is 0 Å². The summed E-state index contributed by atoms with van der Waals surface area (Å²) in [5, 5.41) is 0. The van der Waals surface area contributed by atoms with Crippen LogP contribution in [0.4, 0.5) is 0 Å². The van der Waals surface area contributed by atoms with Gasteiger partial charge in [0.15, 0.2) is 0 Å². The third-order valence-corrected chi connectivity index (χ3v) is 4.35. The zero-order valence-electron chi connectivity index (χ0n) is 23.9. The van der Waals surface area contributed by atoms with Gasteiger partial charge in [-0.15, -0.1) is 0 Å². The van der Waals surface area contributed by atoms with Gasteiger partial charge < -0.3 is 37.7 Å². The fourth-order valence-corrected chi connectivity index (χ4v) is 2.88. The maximum absolute atomic E-state index is 10.3. The topological polar surface area (TPSA) is 156 Å². The first-order valence-electron chi connectivity index (χ1n) is 11.1. The van der Waals surface area contributed by atoms with Gasteiger partial charge >= 0.3 is 103 Å². The number of amides is 2. The summed E-state index contributed by atoms with van der Waals surface area (Å²) in [5.41, 5.74) is 18.4. The molecule has 5 N–H and O–H groups in total. The molecule has 0 aliphatic rings. The number of aldehydes is 1. The van der Waals surface area contributed by atoms with Gasteiger partial charge in [-0.2, -0.15) is 6.54 Å². The first-order chi connectivity index (χ1) is 13.6. The van der Waals surface area contributed by atoms with E-state index in [1.54, 1.807) is 0 Å². The van der Waals surface area contributed by atoms with Crippen molar-refractivity contribution >= 4 is 19.1 Å². The molecule has 0 aliphatic heterocycles. The van der Waals surface area contributed by atoms with Crippen LogP contribution in [0.3, 0.4) is 0 Å². The molecule has 0 saturated carbocycles. The van der Waals surface area contributed by atoms with Crippen molar-refractivity contribution in [1.29, 1.82) is 0 Å². The SMILES string of the molecule is CC(C)CC(CC=O)C(C)C.CC(C)CC(CC[NH-])C(C)C.[2H]C([NH-])=O.[2H]C([NH-])=O.[K+].[K+].[NH2-]. The maximum Gasteiger partial charge on any atom is 1.00 e. The van der Waals surface area contributed by atoms with Crippen LogP contribution in [0.1, 0.15) is 83.8 Å². The minimum atomic E-state index is -1.33. The average Bonchev–Trinajstić information content (AvgIpc) is 2.52. The number of rotatable bonds is 10. The molecule has 2 amide bonds. The van der Waals surface area contributed by atoms with Crippen molar-refractivity contribution in [1.82, 2.24) is 0 Å². The second-order valence-electron chi connectivity index (χ2n) is 8.41. The van der Waals surface area contributed by atoms with Gasteiger partial charge in [-0.25, -0.2) is 0 Å². The van der Waals surface area contributed by atoms with Crippen LogP contribution in [0.5, 0.6) is 0 Å². The van der Waals surface area contributed by atoms with Gasteiger partial charge in [-0.1, -0.05) is 61.8 Å². The van der Waals surface area contributed by atoms with E-state index in [4.69, 9.17) is 29.5 Å². The largest absolute Gasteiger partial charge is 1.00 e. The Balaban J connectivity index is -0.0000000580. The molecule has 31 heavy (non-hydrogen) atoms. The van der Waals surface area contributed by atoms with Crippen LogP contribution < -0.4 is 103 Å². The molecule has 9 heteroatoms. The molecule has 0 bridgehead atoms. The Morgan fingerprint density at radius 2 is 1.03 bits per heavy atom. The maximum atomic E-state index is 10.3. The summed E-state index contributed by atoms with van der Waals surface area (Å²) in [4.78, 5) is 27.9. The quantitative estimate of drug-likeness (QED) is 0.334. The summed E-state index contributed by atoms with van der Waals surface area (Å²) >= 11 is 0. The Morgan fingerprint density at radius 1 is 0.742 bits per heavy atom. The van der Waals surface area contributed by atoms with Crippen LogP contribution in [0.2, 0.25) is 0 Å². The summed E-state index contributed by atoms with van der Waals surface area (Å²) in [6.45, 7) is 18.5. The Kier molecular flexibility index (Phi) is 54.0. The third kappa shape index (κ3) is 49.9. The molecule has 0 heterocycles. The van der Waals surface area contributed by atoms with E-state index in [1.807, 2.05) is 0 Å². The van der Waals surface area contributed by atoms with Gasteiger partial charge in [-0.3, -0.25) is 0 Å². The zero-order chi connectivity index (χ0) is 24.9. The molecular weight excluding hydrogens is 446 g/mol. The number of carbonyl (C=O) groups excluding carboxylic acids is 3. The van der Waals surface area contributed by atoms with Crippen molar-refractivity contribution in [2.24, 2.45) is 35.5 Å². The summed E-state index contributed by atoms with van der Waals surface area (Å²) < 4.78 is 11.2. The van der Waals surface area contributed by atoms with Crippen molar-refractivity contribution < 1.29 is 120 Å². The number of hydrogen-bond acceptors (Lipinski definition) is 3. The molecule has 0 aromatic heterocycles. The standard InChI is InChI=1S/C10H22N.C10H20O.2CH3NO.2K.H2N/c2*1-8(2)7-10(5-6-11)9(3)4;2*2-1-3;;;/h8-11H,5-7H2,1-4H3;6,8-10H,5,7H2,1-4H3;2*1H,(H2,2,3);;;1H2/q-1;;;;2*+1;-1/p-2/i;;2*1D;;;. The minimum Gasteiger partial charge on any atom is -0.693 e. The van der Waals surface area contributed by atoms with E-state index in [0.29, 0.717) is 24.3 Å². The van der Waals surface area contributed by atoms with E-state index in [9.17, 15) is 4.79 Å². The Hall–Kier alpha value is 1.80. The van der Waals surface area contributed by atoms with Crippen molar-refractivity contribution in [3.63, 3.8) is 0 Å². The minimum absolute atomic E-state index is 0. The first-order valence-corrected chi connectivity index (χ1v) is 10.1. The van der Waals surface area contributed by atoms with E-state index < -0.39 is 12.8 Å². The molecule has 2 unspecified atom stereocenters. The Labute approximate surface area is 281 Å². The second kappa shape index (κ2) is 39.0. The van der Waals surface area contributed by atoms with Gasteiger partial charge in [0.05, 0.1) is 2.74 Å². The van der Waals surface area contributed by atoms with Crippen LogP contribution >= 0.6 is 0 Å². The second-order valence-corrected chi connectivity index (χ2v) is 8.41. The Bertz CT molecular complexity index is 412. The van der Waals surface area contributed by atoms with Crippen molar-refractivity contribution in [2.45, 2.75) is 81.1 Å². The van der Waals surface area contributed by atoms with Gasteiger partial charge in [-0.05, 0) is 48.3 Å². The Morgan fingerprint density at radius 3 is 1.23 bits per heavy atom. The molecule has 0 spiro atoms. The van der Waals surface area contributed by atoms with Crippen LogP contribution in [-0.2, 0) is 14.4 Å². The number of carbonyl (C=O) groups is 3. The first kappa shape index (κ1) is 42.9. The zero-order valence-corrected chi connectivity index (χ0v) is 28.1. The van der Waals surface area contributed by atoms with Crippen LogP contribution in [-0.4, -0.2) is 25.6 Å². The molecule has 7 nitrogen and oxygen atoms in total. The van der Waals surface area contributed by atoms with Gasteiger partial charge in [0, 0.05) is 19.2 Å². The fourth-order valence-electron chi connectivity index (χ4n) is 2.88.